The first kappa shape index (κ1) is 17.5. The van der Waals surface area contributed by atoms with Crippen molar-refractivity contribution in [1.29, 1.82) is 0 Å². The Morgan fingerprint density at radius 1 is 1.00 bits per heavy atom. The van der Waals surface area contributed by atoms with Gasteiger partial charge >= 0.3 is 0 Å². The van der Waals surface area contributed by atoms with Gasteiger partial charge < -0.3 is 9.73 Å². The predicted molar refractivity (Wildman–Crippen MR) is 103 cm³/mol. The molecule has 1 atom stereocenters. The molecule has 0 unspecified atom stereocenters. The van der Waals surface area contributed by atoms with Crippen LogP contribution in [0.2, 0.25) is 0 Å². The van der Waals surface area contributed by atoms with Crippen molar-refractivity contribution < 1.29 is 9.21 Å². The number of rotatable bonds is 5. The summed E-state index contributed by atoms with van der Waals surface area (Å²) in [6.45, 7) is 3.65. The van der Waals surface area contributed by atoms with Gasteiger partial charge in [0.2, 0.25) is 0 Å². The number of furan rings is 1. The van der Waals surface area contributed by atoms with Crippen molar-refractivity contribution in [3.05, 3.63) is 93.3 Å². The number of hydrogen-bond donors (Lipinski definition) is 1. The molecular weight excluding hydrogens is 378 g/mol. The van der Waals surface area contributed by atoms with Crippen LogP contribution in [-0.4, -0.2) is 5.91 Å². The second kappa shape index (κ2) is 7.70. The maximum Gasteiger partial charge on any atom is 0.256 e. The second-order valence-electron chi connectivity index (χ2n) is 6.03. The molecule has 1 heterocycles. The third kappa shape index (κ3) is 4.02. The van der Waals surface area contributed by atoms with Gasteiger partial charge in [0.15, 0.2) is 0 Å². The molecule has 0 spiro atoms. The van der Waals surface area contributed by atoms with E-state index in [4.69, 9.17) is 4.42 Å². The van der Waals surface area contributed by atoms with E-state index in [-0.39, 0.29) is 11.9 Å². The number of carbonyl (C=O) groups is 1. The van der Waals surface area contributed by atoms with Gasteiger partial charge in [0.05, 0.1) is 16.1 Å². The molecule has 3 nitrogen and oxygen atoms in total. The van der Waals surface area contributed by atoms with E-state index in [1.165, 1.54) is 5.56 Å². The highest BCUT2D eigenvalue weighted by Crippen LogP contribution is 2.28. The molecule has 2 aromatic carbocycles. The van der Waals surface area contributed by atoms with Crippen LogP contribution in [0.15, 0.2) is 69.6 Å². The number of amides is 1. The summed E-state index contributed by atoms with van der Waals surface area (Å²) in [6.07, 6.45) is 0.726. The van der Waals surface area contributed by atoms with Gasteiger partial charge in [-0.3, -0.25) is 4.79 Å². The summed E-state index contributed by atoms with van der Waals surface area (Å²) in [5.74, 6) is 1.20. The molecular formula is C21H20BrNO2. The van der Waals surface area contributed by atoms with Crippen LogP contribution < -0.4 is 5.32 Å². The van der Waals surface area contributed by atoms with Gasteiger partial charge in [-0.2, -0.15) is 0 Å². The van der Waals surface area contributed by atoms with E-state index in [0.717, 1.165) is 12.0 Å². The minimum absolute atomic E-state index is 0.113. The van der Waals surface area contributed by atoms with Gasteiger partial charge in [-0.25, -0.2) is 0 Å². The van der Waals surface area contributed by atoms with Crippen molar-refractivity contribution in [2.45, 2.75) is 26.3 Å². The van der Waals surface area contributed by atoms with Gasteiger partial charge in [0.25, 0.3) is 5.91 Å². The van der Waals surface area contributed by atoms with Crippen molar-refractivity contribution in [3.63, 3.8) is 0 Å². The summed E-state index contributed by atoms with van der Waals surface area (Å²) < 4.78 is 6.28. The fourth-order valence-electron chi connectivity index (χ4n) is 2.93. The average Bonchev–Trinajstić information content (AvgIpc) is 2.88. The Bertz CT molecular complexity index is 856. The molecule has 1 N–H and O–H groups in total. The summed E-state index contributed by atoms with van der Waals surface area (Å²) in [6, 6.07) is 20.1. The SMILES string of the molecule is Cc1oc(C)c(C(=O)N[C@H](Cc2ccccc2)c2ccccc2)c1Br. The molecule has 0 radical (unpaired) electrons. The largest absolute Gasteiger partial charge is 0.465 e. The summed E-state index contributed by atoms with van der Waals surface area (Å²) >= 11 is 3.46. The maximum atomic E-state index is 12.9. The molecule has 128 valence electrons. The van der Waals surface area contributed by atoms with E-state index in [1.807, 2.05) is 55.5 Å². The summed E-state index contributed by atoms with van der Waals surface area (Å²) in [7, 11) is 0. The quantitative estimate of drug-likeness (QED) is 0.628. The second-order valence-corrected chi connectivity index (χ2v) is 6.82. The fourth-order valence-corrected chi connectivity index (χ4v) is 3.47. The van der Waals surface area contributed by atoms with E-state index < -0.39 is 0 Å². The lowest BCUT2D eigenvalue weighted by Crippen LogP contribution is -2.30. The van der Waals surface area contributed by atoms with Crippen molar-refractivity contribution in [1.82, 2.24) is 5.32 Å². The van der Waals surface area contributed by atoms with Crippen LogP contribution in [0.4, 0.5) is 0 Å². The van der Waals surface area contributed by atoms with Gasteiger partial charge in [0, 0.05) is 0 Å². The molecule has 0 fully saturated rings. The minimum atomic E-state index is -0.133. The maximum absolute atomic E-state index is 12.9. The van der Waals surface area contributed by atoms with Crippen LogP contribution in [0, 0.1) is 13.8 Å². The first-order chi connectivity index (χ1) is 12.1. The van der Waals surface area contributed by atoms with E-state index >= 15 is 0 Å². The van der Waals surface area contributed by atoms with E-state index in [1.54, 1.807) is 6.92 Å². The molecule has 0 saturated heterocycles. The van der Waals surface area contributed by atoms with Gasteiger partial charge in [-0.15, -0.1) is 0 Å². The molecule has 4 heteroatoms. The highest BCUT2D eigenvalue weighted by molar-refractivity contribution is 9.10. The third-order valence-corrected chi connectivity index (χ3v) is 5.16. The Morgan fingerprint density at radius 3 is 2.16 bits per heavy atom. The topological polar surface area (TPSA) is 42.2 Å². The van der Waals surface area contributed by atoms with Crippen LogP contribution >= 0.6 is 15.9 Å². The Hall–Kier alpha value is -2.33. The molecule has 1 amide bonds. The number of benzene rings is 2. The summed E-state index contributed by atoms with van der Waals surface area (Å²) in [4.78, 5) is 12.9. The van der Waals surface area contributed by atoms with E-state index in [9.17, 15) is 4.79 Å². The highest BCUT2D eigenvalue weighted by atomic mass is 79.9. The first-order valence-electron chi connectivity index (χ1n) is 8.21. The molecule has 3 rings (SSSR count). The Morgan fingerprint density at radius 2 is 1.60 bits per heavy atom. The average molecular weight is 398 g/mol. The monoisotopic (exact) mass is 397 g/mol. The molecule has 0 bridgehead atoms. The standard InChI is InChI=1S/C21H20BrNO2/c1-14-19(20(22)15(2)25-14)21(24)23-18(17-11-7-4-8-12-17)13-16-9-5-3-6-10-16/h3-12,18H,13H2,1-2H3,(H,23,24)/t18-/m1/s1. The number of nitrogens with one attached hydrogen (secondary N) is 1. The number of hydrogen-bond acceptors (Lipinski definition) is 2. The lowest BCUT2D eigenvalue weighted by atomic mass is 9.98. The third-order valence-electron chi connectivity index (χ3n) is 4.20. The highest BCUT2D eigenvalue weighted by Gasteiger charge is 2.23. The minimum Gasteiger partial charge on any atom is -0.465 e. The molecule has 0 aliphatic heterocycles. The van der Waals surface area contributed by atoms with Gasteiger partial charge in [-0.05, 0) is 47.3 Å². The number of carbonyl (C=O) groups excluding carboxylic acids is 1. The molecule has 25 heavy (non-hydrogen) atoms. The molecule has 1 aromatic heterocycles. The van der Waals surface area contributed by atoms with Crippen molar-refractivity contribution in [3.8, 4) is 0 Å². The van der Waals surface area contributed by atoms with Gasteiger partial charge in [0.1, 0.15) is 11.5 Å². The van der Waals surface area contributed by atoms with Crippen molar-refractivity contribution >= 4 is 21.8 Å². The molecule has 0 saturated carbocycles. The zero-order valence-electron chi connectivity index (χ0n) is 14.3. The summed E-state index contributed by atoms with van der Waals surface area (Å²) in [5.41, 5.74) is 2.82. The van der Waals surface area contributed by atoms with Crippen LogP contribution in [-0.2, 0) is 6.42 Å². The summed E-state index contributed by atoms with van der Waals surface area (Å²) in [5, 5.41) is 3.16. The lowest BCUT2D eigenvalue weighted by Gasteiger charge is -2.19. The number of aryl methyl sites for hydroxylation is 2. The van der Waals surface area contributed by atoms with Crippen LogP contribution in [0.25, 0.3) is 0 Å². The predicted octanol–water partition coefficient (Wildman–Crippen LogP) is 5.37. The Balaban J connectivity index is 1.88. The first-order valence-corrected chi connectivity index (χ1v) is 9.00. The molecule has 0 aliphatic rings. The molecule has 0 aliphatic carbocycles. The fraction of sp³-hybridized carbons (Fsp3) is 0.190. The van der Waals surface area contributed by atoms with Crippen molar-refractivity contribution in [2.24, 2.45) is 0 Å². The smallest absolute Gasteiger partial charge is 0.256 e. The van der Waals surface area contributed by atoms with Gasteiger partial charge in [-0.1, -0.05) is 60.7 Å². The van der Waals surface area contributed by atoms with E-state index in [0.29, 0.717) is 21.6 Å². The van der Waals surface area contributed by atoms with Crippen LogP contribution in [0.1, 0.15) is 39.0 Å². The van der Waals surface area contributed by atoms with Crippen LogP contribution in [0.3, 0.4) is 0 Å². The van der Waals surface area contributed by atoms with E-state index in [2.05, 4.69) is 33.4 Å². The lowest BCUT2D eigenvalue weighted by molar-refractivity contribution is 0.0934. The zero-order chi connectivity index (χ0) is 17.8. The molecule has 3 aromatic rings. The number of halogens is 1. The van der Waals surface area contributed by atoms with Crippen molar-refractivity contribution in [2.75, 3.05) is 0 Å². The normalized spacial score (nSPS) is 12.0. The zero-order valence-corrected chi connectivity index (χ0v) is 15.8. The Kier molecular flexibility index (Phi) is 5.39. The van der Waals surface area contributed by atoms with Crippen LogP contribution in [0.5, 0.6) is 0 Å². The Labute approximate surface area is 156 Å².